The largest absolute Gasteiger partial charge is 0.381 e. The highest BCUT2D eigenvalue weighted by molar-refractivity contribution is 5.79. The SMILES string of the molecule is CCNC(=NCC1CCCN1C)NCCCOCC1CCOC1. The van der Waals surface area contributed by atoms with Crippen LogP contribution >= 0.6 is 0 Å². The van der Waals surface area contributed by atoms with E-state index in [1.54, 1.807) is 0 Å². The van der Waals surface area contributed by atoms with Crippen LogP contribution in [0.5, 0.6) is 0 Å². The van der Waals surface area contributed by atoms with E-state index in [0.29, 0.717) is 12.0 Å². The van der Waals surface area contributed by atoms with Gasteiger partial charge in [0.25, 0.3) is 0 Å². The van der Waals surface area contributed by atoms with Gasteiger partial charge >= 0.3 is 0 Å². The number of nitrogens with one attached hydrogen (secondary N) is 2. The van der Waals surface area contributed by atoms with Gasteiger partial charge in [0.1, 0.15) is 0 Å². The summed E-state index contributed by atoms with van der Waals surface area (Å²) in [5.41, 5.74) is 0. The van der Waals surface area contributed by atoms with E-state index >= 15 is 0 Å². The smallest absolute Gasteiger partial charge is 0.191 e. The molecule has 23 heavy (non-hydrogen) atoms. The average Bonchev–Trinajstić information content (AvgIpc) is 3.20. The van der Waals surface area contributed by atoms with Crippen molar-refractivity contribution in [2.45, 2.75) is 38.6 Å². The molecule has 0 aromatic carbocycles. The Balaban J connectivity index is 1.56. The van der Waals surface area contributed by atoms with Crippen molar-refractivity contribution in [1.29, 1.82) is 0 Å². The first-order valence-corrected chi connectivity index (χ1v) is 9.17. The van der Waals surface area contributed by atoms with Crippen molar-refractivity contribution in [3.05, 3.63) is 0 Å². The molecule has 0 spiro atoms. The maximum absolute atomic E-state index is 5.73. The molecule has 0 aromatic heterocycles. The van der Waals surface area contributed by atoms with E-state index in [2.05, 4.69) is 29.5 Å². The molecule has 2 unspecified atom stereocenters. The highest BCUT2D eigenvalue weighted by Crippen LogP contribution is 2.14. The highest BCUT2D eigenvalue weighted by Gasteiger charge is 2.20. The third-order valence-corrected chi connectivity index (χ3v) is 4.61. The summed E-state index contributed by atoms with van der Waals surface area (Å²) >= 11 is 0. The van der Waals surface area contributed by atoms with E-state index in [1.807, 2.05) is 0 Å². The topological polar surface area (TPSA) is 58.1 Å². The van der Waals surface area contributed by atoms with E-state index in [0.717, 1.165) is 64.9 Å². The molecule has 2 atom stereocenters. The van der Waals surface area contributed by atoms with Gasteiger partial charge in [0.2, 0.25) is 0 Å². The fraction of sp³-hybridized carbons (Fsp3) is 0.941. The number of aliphatic imine (C=N–C) groups is 1. The molecule has 6 heteroatoms. The average molecular weight is 326 g/mol. The normalized spacial score (nSPS) is 25.9. The molecular formula is C17H34N4O2. The van der Waals surface area contributed by atoms with Crippen LogP contribution < -0.4 is 10.6 Å². The summed E-state index contributed by atoms with van der Waals surface area (Å²) in [7, 11) is 2.19. The molecule has 2 rings (SSSR count). The first kappa shape index (κ1) is 18.5. The molecule has 0 bridgehead atoms. The van der Waals surface area contributed by atoms with Crippen molar-refractivity contribution in [3.8, 4) is 0 Å². The van der Waals surface area contributed by atoms with E-state index in [-0.39, 0.29) is 0 Å². The number of likely N-dealkylation sites (N-methyl/N-ethyl adjacent to an activating group) is 1. The summed E-state index contributed by atoms with van der Waals surface area (Å²) in [4.78, 5) is 7.13. The molecule has 6 nitrogen and oxygen atoms in total. The van der Waals surface area contributed by atoms with Gasteiger partial charge < -0.3 is 25.0 Å². The van der Waals surface area contributed by atoms with Gasteiger partial charge in [0.15, 0.2) is 5.96 Å². The van der Waals surface area contributed by atoms with E-state index < -0.39 is 0 Å². The quantitative estimate of drug-likeness (QED) is 0.377. The predicted octanol–water partition coefficient (Wildman–Crippen LogP) is 1.08. The van der Waals surface area contributed by atoms with Crippen LogP contribution in [0.25, 0.3) is 0 Å². The Labute approximate surface area is 141 Å². The number of rotatable bonds is 9. The lowest BCUT2D eigenvalue weighted by molar-refractivity contribution is 0.0888. The fourth-order valence-electron chi connectivity index (χ4n) is 3.09. The van der Waals surface area contributed by atoms with Crippen LogP contribution in [0.1, 0.15) is 32.6 Å². The Morgan fingerprint density at radius 1 is 1.35 bits per heavy atom. The lowest BCUT2D eigenvalue weighted by Crippen LogP contribution is -2.39. The summed E-state index contributed by atoms with van der Waals surface area (Å²) in [6.07, 6.45) is 4.70. The van der Waals surface area contributed by atoms with E-state index in [1.165, 1.54) is 19.4 Å². The van der Waals surface area contributed by atoms with Gasteiger partial charge in [-0.3, -0.25) is 4.99 Å². The van der Waals surface area contributed by atoms with Crippen LogP contribution in [-0.4, -0.2) is 76.6 Å². The van der Waals surface area contributed by atoms with Gasteiger partial charge in [-0.2, -0.15) is 0 Å². The number of hydrogen-bond donors (Lipinski definition) is 2. The zero-order chi connectivity index (χ0) is 16.3. The Morgan fingerprint density at radius 3 is 2.96 bits per heavy atom. The van der Waals surface area contributed by atoms with Gasteiger partial charge in [-0.05, 0) is 46.2 Å². The summed E-state index contributed by atoms with van der Waals surface area (Å²) in [6, 6.07) is 0.599. The van der Waals surface area contributed by atoms with Crippen LogP contribution in [0.2, 0.25) is 0 Å². The molecule has 2 aliphatic heterocycles. The van der Waals surface area contributed by atoms with Crippen molar-refractivity contribution in [2.24, 2.45) is 10.9 Å². The second kappa shape index (κ2) is 10.8. The van der Waals surface area contributed by atoms with Crippen molar-refractivity contribution in [1.82, 2.24) is 15.5 Å². The Kier molecular flexibility index (Phi) is 8.71. The molecule has 2 fully saturated rings. The second-order valence-electron chi connectivity index (χ2n) is 6.58. The van der Waals surface area contributed by atoms with Gasteiger partial charge in [0.05, 0.1) is 19.8 Å². The zero-order valence-corrected chi connectivity index (χ0v) is 14.9. The summed E-state index contributed by atoms with van der Waals surface area (Å²) in [5, 5.41) is 6.72. The third kappa shape index (κ3) is 7.06. The lowest BCUT2D eigenvalue weighted by Gasteiger charge is -2.18. The number of likely N-dealkylation sites (tertiary alicyclic amines) is 1. The molecule has 0 radical (unpaired) electrons. The number of nitrogens with zero attached hydrogens (tertiary/aromatic N) is 2. The van der Waals surface area contributed by atoms with Crippen LogP contribution in [0.15, 0.2) is 4.99 Å². The van der Waals surface area contributed by atoms with Gasteiger partial charge in [0, 0.05) is 38.3 Å². The predicted molar refractivity (Wildman–Crippen MR) is 94.0 cm³/mol. The third-order valence-electron chi connectivity index (χ3n) is 4.61. The van der Waals surface area contributed by atoms with Gasteiger partial charge in [-0.1, -0.05) is 0 Å². The molecule has 0 aromatic rings. The molecule has 0 saturated carbocycles. The van der Waals surface area contributed by atoms with Crippen molar-refractivity contribution in [3.63, 3.8) is 0 Å². The Morgan fingerprint density at radius 2 is 2.26 bits per heavy atom. The highest BCUT2D eigenvalue weighted by atomic mass is 16.5. The van der Waals surface area contributed by atoms with Crippen LogP contribution in [-0.2, 0) is 9.47 Å². The van der Waals surface area contributed by atoms with Crippen LogP contribution in [0.4, 0.5) is 0 Å². The molecule has 2 N–H and O–H groups in total. The summed E-state index contributed by atoms with van der Waals surface area (Å²) < 4.78 is 11.1. The standard InChI is InChI=1S/C17H34N4O2/c1-3-18-17(20-12-16-6-4-9-21(16)2)19-8-5-10-22-13-15-7-11-23-14-15/h15-16H,3-14H2,1-2H3,(H2,18,19,20). The molecular weight excluding hydrogens is 292 g/mol. The minimum atomic E-state index is 0.599. The first-order valence-electron chi connectivity index (χ1n) is 9.17. The van der Waals surface area contributed by atoms with E-state index in [4.69, 9.17) is 14.5 Å². The summed E-state index contributed by atoms with van der Waals surface area (Å²) in [6.45, 7) is 9.37. The van der Waals surface area contributed by atoms with Crippen molar-refractivity contribution >= 4 is 5.96 Å². The van der Waals surface area contributed by atoms with Crippen LogP contribution in [0.3, 0.4) is 0 Å². The molecule has 2 heterocycles. The minimum Gasteiger partial charge on any atom is -0.381 e. The Hall–Kier alpha value is -0.850. The van der Waals surface area contributed by atoms with Crippen molar-refractivity contribution < 1.29 is 9.47 Å². The molecule has 0 aliphatic carbocycles. The molecule has 2 aliphatic rings. The summed E-state index contributed by atoms with van der Waals surface area (Å²) in [5.74, 6) is 1.53. The molecule has 134 valence electrons. The monoisotopic (exact) mass is 326 g/mol. The molecule has 2 saturated heterocycles. The zero-order valence-electron chi connectivity index (χ0n) is 14.9. The Bertz CT molecular complexity index is 345. The van der Waals surface area contributed by atoms with Gasteiger partial charge in [-0.15, -0.1) is 0 Å². The maximum Gasteiger partial charge on any atom is 0.191 e. The first-order chi connectivity index (χ1) is 11.3. The number of hydrogen-bond acceptors (Lipinski definition) is 4. The lowest BCUT2D eigenvalue weighted by atomic mass is 10.1. The second-order valence-corrected chi connectivity index (χ2v) is 6.58. The molecule has 0 amide bonds. The van der Waals surface area contributed by atoms with E-state index in [9.17, 15) is 0 Å². The maximum atomic E-state index is 5.73. The van der Waals surface area contributed by atoms with Gasteiger partial charge in [-0.25, -0.2) is 0 Å². The minimum absolute atomic E-state index is 0.599. The van der Waals surface area contributed by atoms with Crippen molar-refractivity contribution in [2.75, 3.05) is 59.7 Å². The fourth-order valence-corrected chi connectivity index (χ4v) is 3.09. The van der Waals surface area contributed by atoms with Crippen LogP contribution in [0, 0.1) is 5.92 Å². The number of ether oxygens (including phenoxy) is 2. The number of guanidine groups is 1.